The molecule has 0 aliphatic heterocycles. The number of hydrogen-bond acceptors (Lipinski definition) is 3. The van der Waals surface area contributed by atoms with Gasteiger partial charge in [-0.3, -0.25) is 0 Å². The minimum Gasteiger partial charge on any atom is -0.399 e. The van der Waals surface area contributed by atoms with Crippen LogP contribution in [0.1, 0.15) is 18.5 Å². The van der Waals surface area contributed by atoms with Crippen LogP contribution in [-0.2, 0) is 0 Å². The fourth-order valence-corrected chi connectivity index (χ4v) is 1.90. The van der Waals surface area contributed by atoms with Crippen LogP contribution in [0, 0.1) is 5.82 Å². The number of pyridine rings is 1. The maximum Gasteiger partial charge on any atom is 0.166 e. The molecule has 0 aliphatic rings. The molecular formula is C13H13BrFN3. The van der Waals surface area contributed by atoms with Crippen molar-refractivity contribution >= 4 is 27.4 Å². The average molecular weight is 310 g/mol. The molecule has 0 saturated carbocycles. The largest absolute Gasteiger partial charge is 0.399 e. The molecule has 94 valence electrons. The molecule has 1 aromatic carbocycles. The number of halogens is 2. The van der Waals surface area contributed by atoms with Gasteiger partial charge in [0.05, 0.1) is 6.04 Å². The average Bonchev–Trinajstić information content (AvgIpc) is 2.33. The first-order chi connectivity index (χ1) is 8.56. The number of nitrogens with zero attached hydrogens (tertiary/aromatic N) is 1. The first-order valence-corrected chi connectivity index (χ1v) is 6.28. The Labute approximate surface area is 113 Å². The quantitative estimate of drug-likeness (QED) is 0.849. The van der Waals surface area contributed by atoms with E-state index in [2.05, 4.69) is 26.2 Å². The van der Waals surface area contributed by atoms with Crippen molar-refractivity contribution < 1.29 is 4.39 Å². The van der Waals surface area contributed by atoms with Gasteiger partial charge in [0, 0.05) is 16.4 Å². The van der Waals surface area contributed by atoms with Crippen LogP contribution in [0.5, 0.6) is 0 Å². The molecule has 0 spiro atoms. The van der Waals surface area contributed by atoms with E-state index in [1.807, 2.05) is 31.2 Å². The Balaban J connectivity index is 2.15. The van der Waals surface area contributed by atoms with Crippen molar-refractivity contribution in [2.75, 3.05) is 11.1 Å². The number of anilines is 2. The van der Waals surface area contributed by atoms with Crippen molar-refractivity contribution in [1.29, 1.82) is 0 Å². The molecule has 0 radical (unpaired) electrons. The predicted octanol–water partition coefficient (Wildman–Crippen LogP) is 3.74. The van der Waals surface area contributed by atoms with Crippen LogP contribution in [0.15, 0.2) is 41.0 Å². The van der Waals surface area contributed by atoms with Gasteiger partial charge in [-0.15, -0.1) is 0 Å². The molecule has 18 heavy (non-hydrogen) atoms. The molecule has 1 heterocycles. The van der Waals surface area contributed by atoms with Gasteiger partial charge in [-0.2, -0.15) is 0 Å². The highest BCUT2D eigenvalue weighted by Gasteiger charge is 2.09. The summed E-state index contributed by atoms with van der Waals surface area (Å²) in [7, 11) is 0. The summed E-state index contributed by atoms with van der Waals surface area (Å²) in [6, 6.07) is 8.78. The Bertz CT molecular complexity index is 542. The normalized spacial score (nSPS) is 12.2. The Hall–Kier alpha value is -1.62. The van der Waals surface area contributed by atoms with E-state index < -0.39 is 0 Å². The second-order valence-corrected chi connectivity index (χ2v) is 4.93. The molecule has 0 aliphatic carbocycles. The monoisotopic (exact) mass is 309 g/mol. The molecule has 5 heteroatoms. The second-order valence-electron chi connectivity index (χ2n) is 4.02. The number of benzene rings is 1. The lowest BCUT2D eigenvalue weighted by atomic mass is 10.1. The standard InChI is InChI=1S/C13H13BrFN3/c1-8(9-2-4-11(16)5-3-9)18-13-12(15)6-10(14)7-17-13/h2-8H,16H2,1H3,(H,17,18). The van der Waals surface area contributed by atoms with E-state index in [0.29, 0.717) is 10.2 Å². The highest BCUT2D eigenvalue weighted by atomic mass is 79.9. The summed E-state index contributed by atoms with van der Waals surface area (Å²) < 4.78 is 14.2. The molecule has 0 saturated heterocycles. The van der Waals surface area contributed by atoms with E-state index >= 15 is 0 Å². The SMILES string of the molecule is CC(Nc1ncc(Br)cc1F)c1ccc(N)cc1. The van der Waals surface area contributed by atoms with E-state index in [0.717, 1.165) is 5.56 Å². The summed E-state index contributed by atoms with van der Waals surface area (Å²) in [6.45, 7) is 1.94. The van der Waals surface area contributed by atoms with Crippen LogP contribution in [0.2, 0.25) is 0 Å². The summed E-state index contributed by atoms with van der Waals surface area (Å²) in [5, 5.41) is 3.03. The van der Waals surface area contributed by atoms with Gasteiger partial charge >= 0.3 is 0 Å². The lowest BCUT2D eigenvalue weighted by Gasteiger charge is -2.15. The van der Waals surface area contributed by atoms with Gasteiger partial charge in [0.25, 0.3) is 0 Å². The first-order valence-electron chi connectivity index (χ1n) is 5.49. The van der Waals surface area contributed by atoms with E-state index in [1.54, 1.807) is 6.20 Å². The molecule has 0 fully saturated rings. The van der Waals surface area contributed by atoms with Crippen molar-refractivity contribution in [2.45, 2.75) is 13.0 Å². The topological polar surface area (TPSA) is 50.9 Å². The van der Waals surface area contributed by atoms with E-state index in [4.69, 9.17) is 5.73 Å². The Morgan fingerprint density at radius 3 is 2.61 bits per heavy atom. The number of aromatic nitrogens is 1. The summed E-state index contributed by atoms with van der Waals surface area (Å²) in [5.74, 6) is -0.144. The third-order valence-electron chi connectivity index (χ3n) is 2.60. The molecule has 0 bridgehead atoms. The first kappa shape index (κ1) is 12.8. The van der Waals surface area contributed by atoms with Crippen molar-refractivity contribution in [3.8, 4) is 0 Å². The number of nitrogens with two attached hydrogens (primary N) is 1. The zero-order valence-corrected chi connectivity index (χ0v) is 11.4. The van der Waals surface area contributed by atoms with Gasteiger partial charge in [-0.05, 0) is 46.6 Å². The van der Waals surface area contributed by atoms with Crippen molar-refractivity contribution in [2.24, 2.45) is 0 Å². The van der Waals surface area contributed by atoms with Crippen LogP contribution in [-0.4, -0.2) is 4.98 Å². The summed E-state index contributed by atoms with van der Waals surface area (Å²) in [4.78, 5) is 4.00. The molecule has 3 N–H and O–H groups in total. The number of rotatable bonds is 3. The minimum absolute atomic E-state index is 0.0474. The Morgan fingerprint density at radius 1 is 1.33 bits per heavy atom. The third-order valence-corrected chi connectivity index (χ3v) is 3.03. The molecule has 1 atom stereocenters. The van der Waals surface area contributed by atoms with E-state index in [1.165, 1.54) is 6.07 Å². The second kappa shape index (κ2) is 5.35. The summed E-state index contributed by atoms with van der Waals surface area (Å²) >= 11 is 3.17. The molecule has 2 rings (SSSR count). The van der Waals surface area contributed by atoms with Gasteiger partial charge < -0.3 is 11.1 Å². The van der Waals surface area contributed by atoms with Crippen LogP contribution in [0.4, 0.5) is 15.9 Å². The van der Waals surface area contributed by atoms with Crippen molar-refractivity contribution in [3.63, 3.8) is 0 Å². The lowest BCUT2D eigenvalue weighted by Crippen LogP contribution is -2.09. The van der Waals surface area contributed by atoms with Gasteiger partial charge in [-0.25, -0.2) is 9.37 Å². The van der Waals surface area contributed by atoms with Gasteiger partial charge in [0.1, 0.15) is 0 Å². The molecule has 1 unspecified atom stereocenters. The maximum absolute atomic E-state index is 13.6. The van der Waals surface area contributed by atoms with Crippen LogP contribution in [0.3, 0.4) is 0 Å². The van der Waals surface area contributed by atoms with E-state index in [9.17, 15) is 4.39 Å². The third kappa shape index (κ3) is 2.98. The number of nitrogen functional groups attached to an aromatic ring is 1. The fraction of sp³-hybridized carbons (Fsp3) is 0.154. The van der Waals surface area contributed by atoms with Crippen molar-refractivity contribution in [3.05, 3.63) is 52.4 Å². The summed E-state index contributed by atoms with van der Waals surface area (Å²) in [6.07, 6.45) is 1.56. The highest BCUT2D eigenvalue weighted by Crippen LogP contribution is 2.22. The van der Waals surface area contributed by atoms with Crippen LogP contribution < -0.4 is 11.1 Å². The number of nitrogens with one attached hydrogen (secondary N) is 1. The number of hydrogen-bond donors (Lipinski definition) is 2. The summed E-state index contributed by atoms with van der Waals surface area (Å²) in [5.41, 5.74) is 7.35. The van der Waals surface area contributed by atoms with Gasteiger partial charge in [0.2, 0.25) is 0 Å². The Morgan fingerprint density at radius 2 is 2.00 bits per heavy atom. The zero-order chi connectivity index (χ0) is 13.1. The Kier molecular flexibility index (Phi) is 3.81. The smallest absolute Gasteiger partial charge is 0.166 e. The zero-order valence-electron chi connectivity index (χ0n) is 9.82. The van der Waals surface area contributed by atoms with Gasteiger partial charge in [-0.1, -0.05) is 12.1 Å². The molecule has 2 aromatic rings. The molecular weight excluding hydrogens is 297 g/mol. The highest BCUT2D eigenvalue weighted by molar-refractivity contribution is 9.10. The van der Waals surface area contributed by atoms with E-state index in [-0.39, 0.29) is 17.7 Å². The predicted molar refractivity (Wildman–Crippen MR) is 74.8 cm³/mol. The van der Waals surface area contributed by atoms with Gasteiger partial charge in [0.15, 0.2) is 11.6 Å². The molecule has 1 aromatic heterocycles. The van der Waals surface area contributed by atoms with Crippen molar-refractivity contribution in [1.82, 2.24) is 4.98 Å². The fourth-order valence-electron chi connectivity index (χ4n) is 1.59. The lowest BCUT2D eigenvalue weighted by molar-refractivity contribution is 0.620. The minimum atomic E-state index is -0.383. The molecule has 0 amide bonds. The molecule has 3 nitrogen and oxygen atoms in total. The van der Waals surface area contributed by atoms with Crippen LogP contribution >= 0.6 is 15.9 Å². The maximum atomic E-state index is 13.6. The van der Waals surface area contributed by atoms with Crippen LogP contribution in [0.25, 0.3) is 0 Å².